The molecule has 1 aliphatic rings. The summed E-state index contributed by atoms with van der Waals surface area (Å²) in [5, 5.41) is 0.988. The Labute approximate surface area is 149 Å². The average molecular weight is 341 g/mol. The Morgan fingerprint density at radius 3 is 2.32 bits per heavy atom. The number of hydrogen-bond acceptors (Lipinski definition) is 2. The summed E-state index contributed by atoms with van der Waals surface area (Å²) >= 11 is 0. The smallest absolute Gasteiger partial charge is 0.256 e. The summed E-state index contributed by atoms with van der Waals surface area (Å²) in [6.07, 6.45) is 2.73. The van der Waals surface area contributed by atoms with Crippen molar-refractivity contribution in [1.29, 1.82) is 0 Å². The van der Waals surface area contributed by atoms with Crippen LogP contribution in [-0.4, -0.2) is 52.4 Å². The number of aryl methyl sites for hydroxylation is 1. The molecule has 2 aromatic rings. The van der Waals surface area contributed by atoms with E-state index < -0.39 is 0 Å². The highest BCUT2D eigenvalue weighted by Crippen LogP contribution is 2.23. The van der Waals surface area contributed by atoms with Crippen LogP contribution in [0.25, 0.3) is 10.9 Å². The fraction of sp³-hybridized carbons (Fsp3) is 0.500. The van der Waals surface area contributed by atoms with E-state index in [1.807, 2.05) is 72.6 Å². The van der Waals surface area contributed by atoms with E-state index in [2.05, 4.69) is 0 Å². The topological polar surface area (TPSA) is 45.6 Å². The van der Waals surface area contributed by atoms with Gasteiger partial charge in [-0.3, -0.25) is 9.59 Å². The van der Waals surface area contributed by atoms with E-state index >= 15 is 0 Å². The van der Waals surface area contributed by atoms with Crippen molar-refractivity contribution in [3.63, 3.8) is 0 Å². The van der Waals surface area contributed by atoms with E-state index in [1.165, 1.54) is 0 Å². The molecule has 0 N–H and O–H groups in total. The summed E-state index contributed by atoms with van der Waals surface area (Å²) < 4.78 is 2.00. The number of carbonyl (C=O) groups is 2. The van der Waals surface area contributed by atoms with Gasteiger partial charge in [-0.05, 0) is 12.5 Å². The van der Waals surface area contributed by atoms with Crippen LogP contribution in [0.5, 0.6) is 0 Å². The normalized spacial score (nSPS) is 16.2. The predicted molar refractivity (Wildman–Crippen MR) is 99.5 cm³/mol. The molecule has 1 saturated heterocycles. The van der Waals surface area contributed by atoms with Gasteiger partial charge in [0.2, 0.25) is 5.91 Å². The number of fused-ring (bicyclic) bond motifs is 1. The third-order valence-electron chi connectivity index (χ3n) is 4.84. The SMILES string of the molecule is Cn1cc(C(=O)N2CCCN(C(=O)C(C)(C)C)CC2)c2ccccc21. The number of aromatic nitrogens is 1. The van der Waals surface area contributed by atoms with E-state index in [0.717, 1.165) is 29.4 Å². The maximum Gasteiger partial charge on any atom is 0.256 e. The molecule has 2 amide bonds. The highest BCUT2D eigenvalue weighted by molar-refractivity contribution is 6.07. The monoisotopic (exact) mass is 341 g/mol. The van der Waals surface area contributed by atoms with Crippen molar-refractivity contribution in [2.75, 3.05) is 26.2 Å². The second-order valence-corrected chi connectivity index (χ2v) is 7.86. The summed E-state index contributed by atoms with van der Waals surface area (Å²) in [4.78, 5) is 29.4. The van der Waals surface area contributed by atoms with Crippen LogP contribution in [0.4, 0.5) is 0 Å². The third kappa shape index (κ3) is 3.41. The number of rotatable bonds is 1. The van der Waals surface area contributed by atoms with Gasteiger partial charge in [0.25, 0.3) is 5.91 Å². The lowest BCUT2D eigenvalue weighted by molar-refractivity contribution is -0.139. The van der Waals surface area contributed by atoms with Gasteiger partial charge in [0.1, 0.15) is 0 Å². The molecule has 0 bridgehead atoms. The summed E-state index contributed by atoms with van der Waals surface area (Å²) in [7, 11) is 1.96. The number of para-hydroxylation sites is 1. The molecule has 0 atom stereocenters. The number of hydrogen-bond donors (Lipinski definition) is 0. The van der Waals surface area contributed by atoms with Gasteiger partial charge >= 0.3 is 0 Å². The van der Waals surface area contributed by atoms with Crippen molar-refractivity contribution in [3.05, 3.63) is 36.0 Å². The average Bonchev–Trinajstić information content (AvgIpc) is 2.75. The fourth-order valence-corrected chi connectivity index (χ4v) is 3.48. The van der Waals surface area contributed by atoms with Gasteiger partial charge in [-0.25, -0.2) is 0 Å². The first-order valence-electron chi connectivity index (χ1n) is 8.92. The molecule has 134 valence electrons. The van der Waals surface area contributed by atoms with Crippen LogP contribution in [-0.2, 0) is 11.8 Å². The standard InChI is InChI=1S/C20H27N3O2/c1-20(2,3)19(25)23-11-7-10-22(12-13-23)18(24)16-14-21(4)17-9-6-5-8-15(16)17/h5-6,8-9,14H,7,10-13H2,1-4H3. The first-order chi connectivity index (χ1) is 11.8. The summed E-state index contributed by atoms with van der Waals surface area (Å²) in [5.74, 6) is 0.216. The molecule has 0 saturated carbocycles. The highest BCUT2D eigenvalue weighted by atomic mass is 16.2. The molecular formula is C20H27N3O2. The van der Waals surface area contributed by atoms with Crippen molar-refractivity contribution < 1.29 is 9.59 Å². The van der Waals surface area contributed by atoms with Crippen LogP contribution in [0.15, 0.2) is 30.5 Å². The number of carbonyl (C=O) groups excluding carboxylic acids is 2. The largest absolute Gasteiger partial charge is 0.350 e. The van der Waals surface area contributed by atoms with Crippen LogP contribution < -0.4 is 0 Å². The molecule has 0 radical (unpaired) electrons. The minimum Gasteiger partial charge on any atom is -0.350 e. The number of nitrogens with zero attached hydrogens (tertiary/aromatic N) is 3. The van der Waals surface area contributed by atoms with Gasteiger partial charge in [0, 0.05) is 55.7 Å². The molecule has 2 heterocycles. The van der Waals surface area contributed by atoms with Gasteiger partial charge in [-0.1, -0.05) is 39.0 Å². The van der Waals surface area contributed by atoms with Crippen LogP contribution >= 0.6 is 0 Å². The Balaban J connectivity index is 1.78. The quantitative estimate of drug-likeness (QED) is 0.801. The number of benzene rings is 1. The van der Waals surface area contributed by atoms with Crippen molar-refractivity contribution in [1.82, 2.24) is 14.4 Å². The van der Waals surface area contributed by atoms with Crippen LogP contribution in [0.1, 0.15) is 37.6 Å². The minimum absolute atomic E-state index is 0.0573. The zero-order valence-corrected chi connectivity index (χ0v) is 15.6. The zero-order valence-electron chi connectivity index (χ0n) is 15.6. The van der Waals surface area contributed by atoms with Gasteiger partial charge in [-0.15, -0.1) is 0 Å². The van der Waals surface area contributed by atoms with Crippen molar-refractivity contribution in [2.45, 2.75) is 27.2 Å². The van der Waals surface area contributed by atoms with Crippen molar-refractivity contribution in [3.8, 4) is 0 Å². The highest BCUT2D eigenvalue weighted by Gasteiger charge is 2.30. The van der Waals surface area contributed by atoms with Gasteiger partial charge in [0.05, 0.1) is 5.56 Å². The minimum atomic E-state index is -0.380. The first kappa shape index (κ1) is 17.5. The van der Waals surface area contributed by atoms with E-state index in [9.17, 15) is 9.59 Å². The molecule has 0 aliphatic carbocycles. The molecule has 5 heteroatoms. The molecule has 0 spiro atoms. The maximum absolute atomic E-state index is 13.1. The molecule has 0 unspecified atom stereocenters. The Morgan fingerprint density at radius 2 is 1.60 bits per heavy atom. The van der Waals surface area contributed by atoms with Crippen LogP contribution in [0, 0.1) is 5.41 Å². The van der Waals surface area contributed by atoms with E-state index in [0.29, 0.717) is 19.6 Å². The first-order valence-corrected chi connectivity index (χ1v) is 8.92. The summed E-state index contributed by atoms with van der Waals surface area (Å²) in [5.41, 5.74) is 1.42. The zero-order chi connectivity index (χ0) is 18.2. The summed E-state index contributed by atoms with van der Waals surface area (Å²) in [6, 6.07) is 7.97. The lowest BCUT2D eigenvalue weighted by atomic mass is 9.94. The van der Waals surface area contributed by atoms with Gasteiger partial charge in [0.15, 0.2) is 0 Å². The third-order valence-corrected chi connectivity index (χ3v) is 4.84. The lowest BCUT2D eigenvalue weighted by Gasteiger charge is -2.28. The lowest BCUT2D eigenvalue weighted by Crippen LogP contribution is -2.42. The van der Waals surface area contributed by atoms with E-state index in [1.54, 1.807) is 0 Å². The summed E-state index contributed by atoms with van der Waals surface area (Å²) in [6.45, 7) is 8.43. The van der Waals surface area contributed by atoms with Crippen LogP contribution in [0.3, 0.4) is 0 Å². The Morgan fingerprint density at radius 1 is 0.960 bits per heavy atom. The Kier molecular flexibility index (Phi) is 4.58. The molecular weight excluding hydrogens is 314 g/mol. The molecule has 1 fully saturated rings. The molecule has 25 heavy (non-hydrogen) atoms. The predicted octanol–water partition coefficient (Wildman–Crippen LogP) is 2.90. The number of amides is 2. The van der Waals surface area contributed by atoms with Crippen LogP contribution in [0.2, 0.25) is 0 Å². The molecule has 1 aliphatic heterocycles. The van der Waals surface area contributed by atoms with Gasteiger partial charge in [-0.2, -0.15) is 0 Å². The van der Waals surface area contributed by atoms with Crippen molar-refractivity contribution in [2.24, 2.45) is 12.5 Å². The van der Waals surface area contributed by atoms with Crippen molar-refractivity contribution >= 4 is 22.7 Å². The molecule has 1 aromatic heterocycles. The Hall–Kier alpha value is -2.30. The second kappa shape index (κ2) is 6.54. The Bertz CT molecular complexity index is 801. The fourth-order valence-electron chi connectivity index (χ4n) is 3.48. The second-order valence-electron chi connectivity index (χ2n) is 7.86. The van der Waals surface area contributed by atoms with E-state index in [4.69, 9.17) is 0 Å². The molecule has 1 aromatic carbocycles. The van der Waals surface area contributed by atoms with Gasteiger partial charge < -0.3 is 14.4 Å². The molecule has 5 nitrogen and oxygen atoms in total. The van der Waals surface area contributed by atoms with E-state index in [-0.39, 0.29) is 17.2 Å². The maximum atomic E-state index is 13.1. The molecule has 3 rings (SSSR count).